The van der Waals surface area contributed by atoms with Gasteiger partial charge in [0.15, 0.2) is 0 Å². The standard InChI is InChI=1S/C11H22N2O4S/c1-9(2)8-17-6-5-13-11(14)10(12)4-7-18(3,15)16/h10H,1,4-8,12H2,2-3H3,(H,13,14). The van der Waals surface area contributed by atoms with Crippen LogP contribution in [0, 0.1) is 0 Å². The normalized spacial score (nSPS) is 13.1. The Labute approximate surface area is 108 Å². The predicted molar refractivity (Wildman–Crippen MR) is 70.9 cm³/mol. The van der Waals surface area contributed by atoms with Crippen molar-refractivity contribution in [1.82, 2.24) is 5.32 Å². The van der Waals surface area contributed by atoms with Crippen LogP contribution in [0.2, 0.25) is 0 Å². The lowest BCUT2D eigenvalue weighted by atomic mass is 10.2. The smallest absolute Gasteiger partial charge is 0.237 e. The quantitative estimate of drug-likeness (QED) is 0.436. The van der Waals surface area contributed by atoms with Crippen molar-refractivity contribution in [3.8, 4) is 0 Å². The van der Waals surface area contributed by atoms with Crippen molar-refractivity contribution in [2.45, 2.75) is 19.4 Å². The van der Waals surface area contributed by atoms with E-state index >= 15 is 0 Å². The van der Waals surface area contributed by atoms with E-state index in [-0.39, 0.29) is 18.1 Å². The number of amides is 1. The van der Waals surface area contributed by atoms with Crippen LogP contribution in [-0.2, 0) is 19.4 Å². The van der Waals surface area contributed by atoms with E-state index in [9.17, 15) is 13.2 Å². The molecule has 0 aliphatic carbocycles. The van der Waals surface area contributed by atoms with E-state index in [1.165, 1.54) is 0 Å². The summed E-state index contributed by atoms with van der Waals surface area (Å²) in [4.78, 5) is 11.5. The third-order valence-electron chi connectivity index (χ3n) is 2.03. The maximum absolute atomic E-state index is 11.5. The molecule has 7 heteroatoms. The zero-order valence-electron chi connectivity index (χ0n) is 10.9. The second kappa shape index (κ2) is 8.23. The van der Waals surface area contributed by atoms with Gasteiger partial charge in [0.1, 0.15) is 9.84 Å². The Hall–Kier alpha value is -0.920. The molecule has 18 heavy (non-hydrogen) atoms. The minimum absolute atomic E-state index is 0.0895. The van der Waals surface area contributed by atoms with Gasteiger partial charge in [-0.05, 0) is 13.3 Å². The average molecular weight is 278 g/mol. The van der Waals surface area contributed by atoms with Crippen molar-refractivity contribution in [3.05, 3.63) is 12.2 Å². The highest BCUT2D eigenvalue weighted by molar-refractivity contribution is 7.90. The van der Waals surface area contributed by atoms with E-state index in [0.29, 0.717) is 19.8 Å². The van der Waals surface area contributed by atoms with Gasteiger partial charge in [-0.15, -0.1) is 0 Å². The summed E-state index contributed by atoms with van der Waals surface area (Å²) >= 11 is 0. The van der Waals surface area contributed by atoms with Crippen molar-refractivity contribution in [3.63, 3.8) is 0 Å². The molecule has 0 radical (unpaired) electrons. The highest BCUT2D eigenvalue weighted by Crippen LogP contribution is 1.94. The first kappa shape index (κ1) is 17.1. The summed E-state index contributed by atoms with van der Waals surface area (Å²) in [5, 5.41) is 2.58. The lowest BCUT2D eigenvalue weighted by molar-refractivity contribution is -0.122. The van der Waals surface area contributed by atoms with Crippen LogP contribution in [0.3, 0.4) is 0 Å². The fraction of sp³-hybridized carbons (Fsp3) is 0.727. The lowest BCUT2D eigenvalue weighted by Crippen LogP contribution is -2.42. The van der Waals surface area contributed by atoms with Gasteiger partial charge < -0.3 is 15.8 Å². The first-order chi connectivity index (χ1) is 8.22. The summed E-state index contributed by atoms with van der Waals surface area (Å²) in [5.41, 5.74) is 6.46. The molecule has 6 nitrogen and oxygen atoms in total. The van der Waals surface area contributed by atoms with Gasteiger partial charge in [0.25, 0.3) is 0 Å². The molecule has 0 aromatic heterocycles. The second-order valence-corrected chi connectivity index (χ2v) is 6.59. The van der Waals surface area contributed by atoms with Crippen LogP contribution in [0.5, 0.6) is 0 Å². The van der Waals surface area contributed by atoms with E-state index in [0.717, 1.165) is 11.8 Å². The molecule has 0 aliphatic rings. The molecule has 0 aromatic carbocycles. The van der Waals surface area contributed by atoms with Crippen molar-refractivity contribution >= 4 is 15.7 Å². The fourth-order valence-electron chi connectivity index (χ4n) is 1.10. The fourth-order valence-corrected chi connectivity index (χ4v) is 1.78. The van der Waals surface area contributed by atoms with Crippen LogP contribution in [0.25, 0.3) is 0 Å². The number of sulfone groups is 1. The number of nitrogens with one attached hydrogen (secondary N) is 1. The van der Waals surface area contributed by atoms with Gasteiger partial charge in [-0.25, -0.2) is 8.42 Å². The van der Waals surface area contributed by atoms with Gasteiger partial charge in [0, 0.05) is 12.8 Å². The van der Waals surface area contributed by atoms with Gasteiger partial charge in [-0.1, -0.05) is 12.2 Å². The number of carbonyl (C=O) groups is 1. The third-order valence-corrected chi connectivity index (χ3v) is 3.01. The molecule has 106 valence electrons. The van der Waals surface area contributed by atoms with Gasteiger partial charge in [-0.3, -0.25) is 4.79 Å². The van der Waals surface area contributed by atoms with Crippen LogP contribution in [0.15, 0.2) is 12.2 Å². The van der Waals surface area contributed by atoms with E-state index < -0.39 is 15.9 Å². The zero-order chi connectivity index (χ0) is 14.2. The third kappa shape index (κ3) is 10.2. The van der Waals surface area contributed by atoms with Crippen LogP contribution < -0.4 is 11.1 Å². The average Bonchev–Trinajstić information content (AvgIpc) is 2.23. The summed E-state index contributed by atoms with van der Waals surface area (Å²) in [7, 11) is -3.09. The molecule has 0 aliphatic heterocycles. The molecule has 1 amide bonds. The molecule has 0 spiro atoms. The van der Waals surface area contributed by atoms with Crippen molar-refractivity contribution < 1.29 is 17.9 Å². The molecule has 0 rings (SSSR count). The maximum Gasteiger partial charge on any atom is 0.237 e. The Morgan fingerprint density at radius 1 is 1.50 bits per heavy atom. The summed E-state index contributed by atoms with van der Waals surface area (Å²) in [6.45, 7) is 6.69. The Morgan fingerprint density at radius 2 is 2.11 bits per heavy atom. The lowest BCUT2D eigenvalue weighted by Gasteiger charge is -2.11. The number of ether oxygens (including phenoxy) is 1. The van der Waals surface area contributed by atoms with Crippen LogP contribution >= 0.6 is 0 Å². The zero-order valence-corrected chi connectivity index (χ0v) is 11.8. The first-order valence-electron chi connectivity index (χ1n) is 5.65. The van der Waals surface area contributed by atoms with E-state index in [4.69, 9.17) is 10.5 Å². The maximum atomic E-state index is 11.5. The molecule has 0 saturated heterocycles. The van der Waals surface area contributed by atoms with Crippen LogP contribution in [0.1, 0.15) is 13.3 Å². The molecule has 1 atom stereocenters. The largest absolute Gasteiger partial charge is 0.375 e. The number of nitrogens with two attached hydrogens (primary N) is 1. The van der Waals surface area contributed by atoms with Crippen molar-refractivity contribution in [2.24, 2.45) is 5.73 Å². The Bertz CT molecular complexity index is 379. The summed E-state index contributed by atoms with van der Waals surface area (Å²) in [5.74, 6) is -0.453. The van der Waals surface area contributed by atoms with E-state index in [1.54, 1.807) is 0 Å². The molecule has 0 aromatic rings. The second-order valence-electron chi connectivity index (χ2n) is 4.33. The summed E-state index contributed by atoms with van der Waals surface area (Å²) in [6, 6.07) is -0.805. The minimum Gasteiger partial charge on any atom is -0.375 e. The molecule has 1 unspecified atom stereocenters. The number of hydrogen-bond donors (Lipinski definition) is 2. The highest BCUT2D eigenvalue weighted by atomic mass is 32.2. The van der Waals surface area contributed by atoms with E-state index in [1.807, 2.05) is 6.92 Å². The summed E-state index contributed by atoms with van der Waals surface area (Å²) < 4.78 is 27.0. The molecule has 0 saturated carbocycles. The van der Waals surface area contributed by atoms with Gasteiger partial charge in [0.2, 0.25) is 5.91 Å². The van der Waals surface area contributed by atoms with Gasteiger partial charge in [-0.2, -0.15) is 0 Å². The van der Waals surface area contributed by atoms with Crippen LogP contribution in [-0.4, -0.2) is 52.1 Å². The Balaban J connectivity index is 3.72. The van der Waals surface area contributed by atoms with E-state index in [2.05, 4.69) is 11.9 Å². The molecule has 0 fully saturated rings. The number of rotatable bonds is 9. The minimum atomic E-state index is -3.09. The SMILES string of the molecule is C=C(C)COCCNC(=O)C(N)CCS(C)(=O)=O. The first-order valence-corrected chi connectivity index (χ1v) is 7.71. The number of carbonyl (C=O) groups excluding carboxylic acids is 1. The molecule has 0 bridgehead atoms. The molecule has 3 N–H and O–H groups in total. The number of hydrogen-bond acceptors (Lipinski definition) is 5. The molecular weight excluding hydrogens is 256 g/mol. The van der Waals surface area contributed by atoms with Crippen molar-refractivity contribution in [2.75, 3.05) is 31.8 Å². The Morgan fingerprint density at radius 3 is 2.61 bits per heavy atom. The Kier molecular flexibility index (Phi) is 7.81. The predicted octanol–water partition coefficient (Wildman–Crippen LogP) is -0.543. The molecule has 0 heterocycles. The van der Waals surface area contributed by atoms with Gasteiger partial charge >= 0.3 is 0 Å². The summed E-state index contributed by atoms with van der Waals surface area (Å²) in [6.07, 6.45) is 1.24. The molecular formula is C11H22N2O4S. The topological polar surface area (TPSA) is 98.5 Å². The van der Waals surface area contributed by atoms with Gasteiger partial charge in [0.05, 0.1) is 25.0 Å². The van der Waals surface area contributed by atoms with Crippen LogP contribution in [0.4, 0.5) is 0 Å². The monoisotopic (exact) mass is 278 g/mol. The van der Waals surface area contributed by atoms with Crippen molar-refractivity contribution in [1.29, 1.82) is 0 Å². The highest BCUT2D eigenvalue weighted by Gasteiger charge is 2.15.